The first-order valence-corrected chi connectivity index (χ1v) is 8.37. The second kappa shape index (κ2) is 8.15. The molecule has 1 aliphatic carbocycles. The summed E-state index contributed by atoms with van der Waals surface area (Å²) in [5.41, 5.74) is 0.459. The normalized spacial score (nSPS) is 22.0. The van der Waals surface area contributed by atoms with Gasteiger partial charge in [-0.05, 0) is 51.0 Å². The maximum atomic E-state index is 12.0. The first kappa shape index (κ1) is 20.7. The molecule has 1 saturated carbocycles. The molecule has 0 saturated heterocycles. The molecule has 5 nitrogen and oxygen atoms in total. The monoisotopic (exact) mass is 344 g/mol. The van der Waals surface area contributed by atoms with E-state index in [0.29, 0.717) is 18.1 Å². The zero-order valence-corrected chi connectivity index (χ0v) is 15.8. The highest BCUT2D eigenvalue weighted by molar-refractivity contribution is 5.86. The molecule has 1 aliphatic rings. The Balaban J connectivity index is 0.00000151. The van der Waals surface area contributed by atoms with Crippen LogP contribution in [-0.4, -0.2) is 29.5 Å². The van der Waals surface area contributed by atoms with Crippen molar-refractivity contribution in [1.29, 1.82) is 0 Å². The Labute approximate surface area is 150 Å². The number of terminal acetylenes is 1. The van der Waals surface area contributed by atoms with Gasteiger partial charge in [0.2, 0.25) is 6.41 Å². The van der Waals surface area contributed by atoms with Crippen LogP contribution in [0.4, 0.5) is 5.82 Å². The smallest absolute Gasteiger partial charge is 0.326 e. The Kier molecular flexibility index (Phi) is 6.75. The summed E-state index contributed by atoms with van der Waals surface area (Å²) in [5, 5.41) is 0. The molecule has 0 aliphatic heterocycles. The van der Waals surface area contributed by atoms with Crippen molar-refractivity contribution in [1.82, 2.24) is 4.98 Å². The Bertz CT molecular complexity index is 625. The van der Waals surface area contributed by atoms with Crippen molar-refractivity contribution in [2.45, 2.75) is 58.5 Å². The summed E-state index contributed by atoms with van der Waals surface area (Å²) in [6.45, 7) is 9.69. The standard InChI is InChI=1S/C18H26N2O3.C2H2/c1-13-9-18(5,10-13)14-7-6-8-19-16(14)20(12-21)11-15(22)23-17(2,3)4;1-2/h6-8,12-13H,9-11H2,1-5H3;1-2H. The summed E-state index contributed by atoms with van der Waals surface area (Å²) >= 11 is 0. The molecule has 0 atom stereocenters. The minimum absolute atomic E-state index is 0.0121. The number of rotatable bonds is 5. The lowest BCUT2D eigenvalue weighted by Crippen LogP contribution is -2.40. The van der Waals surface area contributed by atoms with Gasteiger partial charge in [0.25, 0.3) is 0 Å². The molecule has 1 fully saturated rings. The Hall–Kier alpha value is -2.35. The van der Waals surface area contributed by atoms with Crippen molar-refractivity contribution in [3.8, 4) is 12.8 Å². The fourth-order valence-corrected chi connectivity index (χ4v) is 3.47. The Morgan fingerprint density at radius 2 is 2.04 bits per heavy atom. The van der Waals surface area contributed by atoms with Crippen LogP contribution in [0.5, 0.6) is 0 Å². The van der Waals surface area contributed by atoms with E-state index in [1.165, 1.54) is 4.90 Å². The van der Waals surface area contributed by atoms with Crippen LogP contribution in [0.3, 0.4) is 0 Å². The molecular weight excluding hydrogens is 316 g/mol. The molecule has 0 radical (unpaired) electrons. The summed E-state index contributed by atoms with van der Waals surface area (Å²) in [6.07, 6.45) is 12.4. The largest absolute Gasteiger partial charge is 0.459 e. The molecule has 0 aromatic carbocycles. The highest BCUT2D eigenvalue weighted by Crippen LogP contribution is 2.49. The van der Waals surface area contributed by atoms with Crippen molar-refractivity contribution in [3.63, 3.8) is 0 Å². The average molecular weight is 344 g/mol. The number of ether oxygens (including phenoxy) is 1. The minimum Gasteiger partial charge on any atom is -0.459 e. The molecule has 1 aromatic heterocycles. The summed E-state index contributed by atoms with van der Waals surface area (Å²) < 4.78 is 5.31. The number of aromatic nitrogens is 1. The second-order valence-electron chi connectivity index (χ2n) is 7.77. The molecule has 0 spiro atoms. The third-order valence-corrected chi connectivity index (χ3v) is 4.15. The van der Waals surface area contributed by atoms with Crippen LogP contribution in [0.2, 0.25) is 0 Å². The van der Waals surface area contributed by atoms with Crippen LogP contribution in [0.1, 0.15) is 53.0 Å². The molecule has 136 valence electrons. The van der Waals surface area contributed by atoms with Crippen LogP contribution in [0, 0.1) is 18.8 Å². The SMILES string of the molecule is C#C.CC1CC(C)(c2cccnc2N(C=O)CC(=O)OC(C)(C)C)C1. The maximum absolute atomic E-state index is 12.0. The van der Waals surface area contributed by atoms with Crippen LogP contribution in [0.25, 0.3) is 0 Å². The first-order chi connectivity index (χ1) is 11.6. The lowest BCUT2D eigenvalue weighted by molar-refractivity contribution is -0.153. The van der Waals surface area contributed by atoms with Gasteiger partial charge in [-0.15, -0.1) is 12.8 Å². The zero-order chi connectivity index (χ0) is 19.3. The molecule has 2 rings (SSSR count). The zero-order valence-electron chi connectivity index (χ0n) is 15.8. The topological polar surface area (TPSA) is 59.5 Å². The van der Waals surface area contributed by atoms with Crippen LogP contribution < -0.4 is 4.90 Å². The molecule has 1 amide bonds. The molecular formula is C20H28N2O3. The van der Waals surface area contributed by atoms with Gasteiger partial charge in [0.15, 0.2) is 0 Å². The van der Waals surface area contributed by atoms with Gasteiger partial charge in [-0.25, -0.2) is 4.98 Å². The van der Waals surface area contributed by atoms with Crippen molar-refractivity contribution < 1.29 is 14.3 Å². The van der Waals surface area contributed by atoms with E-state index in [1.807, 2.05) is 12.1 Å². The number of amides is 1. The second-order valence-corrected chi connectivity index (χ2v) is 7.77. The quantitative estimate of drug-likeness (QED) is 0.467. The predicted octanol–water partition coefficient (Wildman–Crippen LogP) is 3.32. The Morgan fingerprint density at radius 3 is 2.52 bits per heavy atom. The first-order valence-electron chi connectivity index (χ1n) is 8.37. The van der Waals surface area contributed by atoms with Crippen LogP contribution >= 0.6 is 0 Å². The van der Waals surface area contributed by atoms with Crippen molar-refractivity contribution in [3.05, 3.63) is 23.9 Å². The number of hydrogen-bond acceptors (Lipinski definition) is 4. The van der Waals surface area contributed by atoms with Gasteiger partial charge in [0.1, 0.15) is 18.0 Å². The van der Waals surface area contributed by atoms with E-state index in [-0.39, 0.29) is 12.0 Å². The molecule has 0 N–H and O–H groups in total. The van der Waals surface area contributed by atoms with E-state index in [1.54, 1.807) is 27.0 Å². The number of carbonyl (C=O) groups excluding carboxylic acids is 2. The Morgan fingerprint density at radius 1 is 1.44 bits per heavy atom. The summed E-state index contributed by atoms with van der Waals surface area (Å²) in [6, 6.07) is 3.88. The number of esters is 1. The van der Waals surface area contributed by atoms with Gasteiger partial charge in [0.05, 0.1) is 0 Å². The summed E-state index contributed by atoms with van der Waals surface area (Å²) in [4.78, 5) is 29.3. The number of anilines is 1. The highest BCUT2D eigenvalue weighted by Gasteiger charge is 2.41. The molecule has 0 unspecified atom stereocenters. The number of hydrogen-bond donors (Lipinski definition) is 0. The number of pyridine rings is 1. The third-order valence-electron chi connectivity index (χ3n) is 4.15. The molecule has 1 heterocycles. The van der Waals surface area contributed by atoms with Gasteiger partial charge in [-0.2, -0.15) is 0 Å². The average Bonchev–Trinajstić information content (AvgIpc) is 2.51. The lowest BCUT2D eigenvalue weighted by atomic mass is 9.60. The van der Waals surface area contributed by atoms with Crippen molar-refractivity contribution in [2.24, 2.45) is 5.92 Å². The molecule has 0 bridgehead atoms. The third kappa shape index (κ3) is 5.32. The highest BCUT2D eigenvalue weighted by atomic mass is 16.6. The van der Waals surface area contributed by atoms with Crippen molar-refractivity contribution in [2.75, 3.05) is 11.4 Å². The van der Waals surface area contributed by atoms with Crippen LogP contribution in [-0.2, 0) is 19.7 Å². The van der Waals surface area contributed by atoms with E-state index in [9.17, 15) is 9.59 Å². The minimum atomic E-state index is -0.575. The summed E-state index contributed by atoms with van der Waals surface area (Å²) in [5.74, 6) is 0.791. The van der Waals surface area contributed by atoms with Crippen molar-refractivity contribution >= 4 is 18.2 Å². The maximum Gasteiger partial charge on any atom is 0.326 e. The van der Waals surface area contributed by atoms with E-state index in [4.69, 9.17) is 4.74 Å². The van der Waals surface area contributed by atoms with Gasteiger partial charge in [-0.3, -0.25) is 14.5 Å². The molecule has 5 heteroatoms. The fraction of sp³-hybridized carbons (Fsp3) is 0.550. The van der Waals surface area contributed by atoms with Crippen LogP contribution in [0.15, 0.2) is 18.3 Å². The van der Waals surface area contributed by atoms with Gasteiger partial charge in [0, 0.05) is 11.8 Å². The summed E-state index contributed by atoms with van der Waals surface area (Å²) in [7, 11) is 0. The fourth-order valence-electron chi connectivity index (χ4n) is 3.47. The molecule has 25 heavy (non-hydrogen) atoms. The number of carbonyl (C=O) groups is 2. The number of nitrogens with zero attached hydrogens (tertiary/aromatic N) is 2. The predicted molar refractivity (Wildman–Crippen MR) is 99.1 cm³/mol. The lowest BCUT2D eigenvalue weighted by Gasteiger charge is -2.45. The van der Waals surface area contributed by atoms with Gasteiger partial charge >= 0.3 is 5.97 Å². The van der Waals surface area contributed by atoms with E-state index in [0.717, 1.165) is 18.4 Å². The van der Waals surface area contributed by atoms with Gasteiger partial charge in [-0.1, -0.05) is 19.9 Å². The van der Waals surface area contributed by atoms with E-state index < -0.39 is 11.6 Å². The van der Waals surface area contributed by atoms with E-state index >= 15 is 0 Å². The molecule has 1 aromatic rings. The van der Waals surface area contributed by atoms with Gasteiger partial charge < -0.3 is 4.74 Å². The van der Waals surface area contributed by atoms with E-state index in [2.05, 4.69) is 31.7 Å².